The van der Waals surface area contributed by atoms with Crippen LogP contribution in [-0.4, -0.2) is 52.1 Å². The Morgan fingerprint density at radius 1 is 1.61 bits per heavy atom. The molecule has 1 aromatic heterocycles. The minimum Gasteiger partial charge on any atom is -0.385 e. The van der Waals surface area contributed by atoms with E-state index in [-0.39, 0.29) is 5.91 Å². The number of methoxy groups -OCH3 is 1. The van der Waals surface area contributed by atoms with Crippen LogP contribution >= 0.6 is 11.8 Å². The van der Waals surface area contributed by atoms with Gasteiger partial charge in [-0.05, 0) is 29.7 Å². The molecule has 1 heterocycles. The molecule has 0 bridgehead atoms. The summed E-state index contributed by atoms with van der Waals surface area (Å²) in [4.78, 5) is 11.5. The van der Waals surface area contributed by atoms with E-state index in [0.717, 1.165) is 24.4 Å². The highest BCUT2D eigenvalue weighted by Crippen LogP contribution is 2.36. The largest absolute Gasteiger partial charge is 0.385 e. The van der Waals surface area contributed by atoms with Crippen LogP contribution in [-0.2, 0) is 9.53 Å². The van der Waals surface area contributed by atoms with Gasteiger partial charge in [-0.2, -0.15) is 0 Å². The minimum atomic E-state index is 0.00134. The molecule has 1 aliphatic rings. The maximum Gasteiger partial charge on any atom is 0.230 e. The van der Waals surface area contributed by atoms with Crippen LogP contribution in [0.3, 0.4) is 0 Å². The maximum atomic E-state index is 11.5. The van der Waals surface area contributed by atoms with Crippen molar-refractivity contribution in [1.29, 1.82) is 0 Å². The molecule has 100 valence electrons. The molecule has 1 N–H and O–H groups in total. The summed E-state index contributed by atoms with van der Waals surface area (Å²) in [6.45, 7) is 1.30. The quantitative estimate of drug-likeness (QED) is 0.539. The lowest BCUT2D eigenvalue weighted by Gasteiger charge is -2.04. The zero-order valence-corrected chi connectivity index (χ0v) is 11.2. The molecule has 1 fully saturated rings. The topological polar surface area (TPSA) is 81.9 Å². The molecular weight excluding hydrogens is 254 g/mol. The number of aromatic nitrogens is 4. The van der Waals surface area contributed by atoms with Crippen LogP contribution < -0.4 is 5.32 Å². The van der Waals surface area contributed by atoms with Crippen molar-refractivity contribution in [2.24, 2.45) is 0 Å². The number of nitrogens with zero attached hydrogens (tertiary/aromatic N) is 4. The average Bonchev–Trinajstić information content (AvgIpc) is 3.11. The normalized spacial score (nSPS) is 14.7. The molecule has 2 rings (SSSR count). The number of ether oxygens (including phenoxy) is 1. The molecule has 1 amide bonds. The number of amides is 1. The Bertz CT molecular complexity index is 393. The molecule has 0 spiro atoms. The van der Waals surface area contributed by atoms with E-state index in [9.17, 15) is 4.79 Å². The second-order valence-corrected chi connectivity index (χ2v) is 5.06. The third kappa shape index (κ3) is 3.95. The van der Waals surface area contributed by atoms with Gasteiger partial charge in [-0.25, -0.2) is 4.68 Å². The number of nitrogens with one attached hydrogen (secondary N) is 1. The lowest BCUT2D eigenvalue weighted by molar-refractivity contribution is -0.118. The zero-order chi connectivity index (χ0) is 12.8. The van der Waals surface area contributed by atoms with Crippen LogP contribution in [0.2, 0.25) is 0 Å². The summed E-state index contributed by atoms with van der Waals surface area (Å²) in [5.74, 6) is 0.349. The Hall–Kier alpha value is -1.15. The highest BCUT2D eigenvalue weighted by molar-refractivity contribution is 7.99. The third-order valence-corrected chi connectivity index (χ3v) is 3.47. The molecule has 1 aliphatic carbocycles. The first kappa shape index (κ1) is 13.3. The monoisotopic (exact) mass is 271 g/mol. The van der Waals surface area contributed by atoms with E-state index in [0.29, 0.717) is 24.9 Å². The van der Waals surface area contributed by atoms with Crippen molar-refractivity contribution in [2.45, 2.75) is 30.5 Å². The summed E-state index contributed by atoms with van der Waals surface area (Å²) >= 11 is 1.38. The summed E-state index contributed by atoms with van der Waals surface area (Å²) in [5.41, 5.74) is 0. The molecule has 7 nitrogen and oxygen atoms in total. The van der Waals surface area contributed by atoms with Gasteiger partial charge in [-0.3, -0.25) is 4.79 Å². The van der Waals surface area contributed by atoms with E-state index < -0.39 is 0 Å². The number of tetrazole rings is 1. The van der Waals surface area contributed by atoms with Gasteiger partial charge in [0.25, 0.3) is 0 Å². The van der Waals surface area contributed by atoms with E-state index in [1.807, 2.05) is 4.68 Å². The predicted octanol–water partition coefficient (Wildman–Crippen LogP) is 0.253. The Labute approximate surface area is 110 Å². The second kappa shape index (κ2) is 6.69. The Balaban J connectivity index is 1.67. The van der Waals surface area contributed by atoms with Crippen LogP contribution in [0.5, 0.6) is 0 Å². The van der Waals surface area contributed by atoms with Crippen LogP contribution in [0, 0.1) is 0 Å². The highest BCUT2D eigenvalue weighted by atomic mass is 32.2. The van der Waals surface area contributed by atoms with Crippen molar-refractivity contribution in [3.63, 3.8) is 0 Å². The molecule has 0 aromatic carbocycles. The van der Waals surface area contributed by atoms with Crippen molar-refractivity contribution in [2.75, 3.05) is 26.0 Å². The lowest BCUT2D eigenvalue weighted by Crippen LogP contribution is -2.27. The first-order chi connectivity index (χ1) is 8.81. The van der Waals surface area contributed by atoms with Crippen LogP contribution in [0.25, 0.3) is 0 Å². The first-order valence-corrected chi connectivity index (χ1v) is 6.96. The van der Waals surface area contributed by atoms with Gasteiger partial charge < -0.3 is 10.1 Å². The minimum absolute atomic E-state index is 0.00134. The standard InChI is InChI=1S/C10H17N5O2S/c1-17-6-2-5-11-9(16)7-18-10-12-13-14-15(10)8-3-4-8/h8H,2-7H2,1H3,(H,11,16). The smallest absolute Gasteiger partial charge is 0.230 e. The molecule has 0 saturated heterocycles. The number of carbonyl (C=O) groups is 1. The summed E-state index contributed by atoms with van der Waals surface area (Å²) in [7, 11) is 1.65. The Morgan fingerprint density at radius 3 is 3.17 bits per heavy atom. The van der Waals surface area contributed by atoms with Crippen molar-refractivity contribution in [1.82, 2.24) is 25.5 Å². The lowest BCUT2D eigenvalue weighted by atomic mass is 10.4. The molecule has 0 atom stereocenters. The number of thioether (sulfide) groups is 1. The third-order valence-electron chi connectivity index (χ3n) is 2.54. The van der Waals surface area contributed by atoms with Gasteiger partial charge in [0.05, 0.1) is 11.8 Å². The van der Waals surface area contributed by atoms with Crippen LogP contribution in [0.1, 0.15) is 25.3 Å². The first-order valence-electron chi connectivity index (χ1n) is 5.97. The van der Waals surface area contributed by atoms with Crippen LogP contribution in [0.15, 0.2) is 5.16 Å². The number of hydrogen-bond acceptors (Lipinski definition) is 6. The fourth-order valence-electron chi connectivity index (χ4n) is 1.45. The average molecular weight is 271 g/mol. The van der Waals surface area contributed by atoms with Crippen molar-refractivity contribution >= 4 is 17.7 Å². The summed E-state index contributed by atoms with van der Waals surface area (Å²) < 4.78 is 6.71. The summed E-state index contributed by atoms with van der Waals surface area (Å²) in [6.07, 6.45) is 3.08. The van der Waals surface area contributed by atoms with Gasteiger partial charge in [0.2, 0.25) is 11.1 Å². The number of rotatable bonds is 8. The molecule has 1 aromatic rings. The van der Waals surface area contributed by atoms with Crippen molar-refractivity contribution in [3.8, 4) is 0 Å². The van der Waals surface area contributed by atoms with Gasteiger partial charge in [-0.1, -0.05) is 11.8 Å². The van der Waals surface area contributed by atoms with Gasteiger partial charge in [0.15, 0.2) is 0 Å². The van der Waals surface area contributed by atoms with E-state index in [2.05, 4.69) is 20.8 Å². The van der Waals surface area contributed by atoms with Crippen molar-refractivity contribution < 1.29 is 9.53 Å². The van der Waals surface area contributed by atoms with Crippen molar-refractivity contribution in [3.05, 3.63) is 0 Å². The highest BCUT2D eigenvalue weighted by Gasteiger charge is 2.28. The fraction of sp³-hybridized carbons (Fsp3) is 0.800. The SMILES string of the molecule is COCCCNC(=O)CSc1nnnn1C1CC1. The molecule has 0 unspecified atom stereocenters. The Morgan fingerprint density at radius 2 is 2.44 bits per heavy atom. The molecule has 8 heteroatoms. The maximum absolute atomic E-state index is 11.5. The van der Waals surface area contributed by atoms with Gasteiger partial charge in [0.1, 0.15) is 0 Å². The van der Waals surface area contributed by atoms with Gasteiger partial charge in [-0.15, -0.1) is 5.10 Å². The number of hydrogen-bond donors (Lipinski definition) is 1. The van der Waals surface area contributed by atoms with Gasteiger partial charge >= 0.3 is 0 Å². The summed E-state index contributed by atoms with van der Waals surface area (Å²) in [5, 5.41) is 15.0. The molecule has 1 saturated carbocycles. The van der Waals surface area contributed by atoms with E-state index >= 15 is 0 Å². The van der Waals surface area contributed by atoms with E-state index in [1.165, 1.54) is 11.8 Å². The molecular formula is C10H17N5O2S. The van der Waals surface area contributed by atoms with Crippen LogP contribution in [0.4, 0.5) is 0 Å². The van der Waals surface area contributed by atoms with Gasteiger partial charge in [0, 0.05) is 20.3 Å². The summed E-state index contributed by atoms with van der Waals surface area (Å²) in [6, 6.07) is 0.437. The molecule has 18 heavy (non-hydrogen) atoms. The Kier molecular flexibility index (Phi) is 4.94. The zero-order valence-electron chi connectivity index (χ0n) is 10.3. The second-order valence-electron chi connectivity index (χ2n) is 4.12. The fourth-order valence-corrected chi connectivity index (χ4v) is 2.23. The molecule has 0 aliphatic heterocycles. The molecule has 0 radical (unpaired) electrons. The van der Waals surface area contributed by atoms with E-state index in [1.54, 1.807) is 7.11 Å². The predicted molar refractivity (Wildman–Crippen MR) is 66.3 cm³/mol. The van der Waals surface area contributed by atoms with E-state index in [4.69, 9.17) is 4.74 Å². The number of carbonyl (C=O) groups excluding carboxylic acids is 1.